The van der Waals surface area contributed by atoms with E-state index in [2.05, 4.69) is 31.3 Å². The van der Waals surface area contributed by atoms with Crippen molar-refractivity contribution in [3.63, 3.8) is 0 Å². The first-order valence-electron chi connectivity index (χ1n) is 10.8. The van der Waals surface area contributed by atoms with Gasteiger partial charge in [-0.2, -0.15) is 10.1 Å². The fourth-order valence-electron chi connectivity index (χ4n) is 3.85. The van der Waals surface area contributed by atoms with Crippen molar-refractivity contribution in [3.8, 4) is 11.6 Å². The average molecular weight is 429 g/mol. The number of hydrogen-bond donors (Lipinski definition) is 1. The first kappa shape index (κ1) is 21.6. The van der Waals surface area contributed by atoms with E-state index in [4.69, 9.17) is 14.8 Å². The molecule has 6 heteroatoms. The zero-order chi connectivity index (χ0) is 22.8. The van der Waals surface area contributed by atoms with E-state index in [1.54, 1.807) is 0 Å². The van der Waals surface area contributed by atoms with Crippen molar-refractivity contribution in [1.82, 2.24) is 14.8 Å². The van der Waals surface area contributed by atoms with Crippen LogP contribution < -0.4 is 10.1 Å². The number of aromatic nitrogens is 3. The van der Waals surface area contributed by atoms with E-state index >= 15 is 0 Å². The van der Waals surface area contributed by atoms with Crippen LogP contribution in [0, 0.1) is 27.7 Å². The molecule has 0 bridgehead atoms. The molecule has 0 unspecified atom stereocenters. The normalized spacial score (nSPS) is 11.0. The van der Waals surface area contributed by atoms with E-state index in [1.807, 2.05) is 61.9 Å². The highest BCUT2D eigenvalue weighted by Crippen LogP contribution is 2.28. The highest BCUT2D eigenvalue weighted by molar-refractivity contribution is 5.92. The predicted molar refractivity (Wildman–Crippen MR) is 128 cm³/mol. The summed E-state index contributed by atoms with van der Waals surface area (Å²) in [5, 5.41) is 8.67. The molecule has 2 aromatic carbocycles. The summed E-state index contributed by atoms with van der Waals surface area (Å²) in [6.07, 6.45) is 0.810. The molecule has 1 N–H and O–H groups in total. The van der Waals surface area contributed by atoms with Crippen LogP contribution in [-0.2, 0) is 11.2 Å². The van der Waals surface area contributed by atoms with E-state index in [1.165, 1.54) is 5.56 Å². The molecule has 164 valence electrons. The van der Waals surface area contributed by atoms with Gasteiger partial charge in [-0.15, -0.1) is 0 Å². The number of pyridine rings is 1. The quantitative estimate of drug-likeness (QED) is 0.456. The van der Waals surface area contributed by atoms with E-state index in [0.29, 0.717) is 5.88 Å². The van der Waals surface area contributed by atoms with E-state index in [-0.39, 0.29) is 12.5 Å². The van der Waals surface area contributed by atoms with Gasteiger partial charge in [-0.05, 0) is 63.4 Å². The van der Waals surface area contributed by atoms with Gasteiger partial charge < -0.3 is 10.1 Å². The molecule has 0 aliphatic heterocycles. The minimum Gasteiger partial charge on any atom is -0.467 e. The van der Waals surface area contributed by atoms with Crippen LogP contribution in [0.5, 0.6) is 5.88 Å². The molecule has 0 saturated carbocycles. The third kappa shape index (κ3) is 4.35. The molecule has 0 aliphatic carbocycles. The molecule has 0 aliphatic rings. The molecule has 2 aromatic heterocycles. The molecule has 4 aromatic rings. The second-order valence-corrected chi connectivity index (χ2v) is 8.16. The van der Waals surface area contributed by atoms with Crippen molar-refractivity contribution < 1.29 is 9.53 Å². The fourth-order valence-corrected chi connectivity index (χ4v) is 3.85. The van der Waals surface area contributed by atoms with Crippen molar-refractivity contribution in [2.45, 2.75) is 41.0 Å². The van der Waals surface area contributed by atoms with Crippen LogP contribution in [0.2, 0.25) is 0 Å². The predicted octanol–water partition coefficient (Wildman–Crippen LogP) is 5.23. The number of anilines is 1. The Bertz CT molecular complexity index is 1290. The van der Waals surface area contributed by atoms with Crippen LogP contribution in [0.4, 0.5) is 5.69 Å². The van der Waals surface area contributed by atoms with Gasteiger partial charge in [0.2, 0.25) is 5.88 Å². The number of fused-ring (bicyclic) bond motifs is 1. The molecule has 1 amide bonds. The summed E-state index contributed by atoms with van der Waals surface area (Å²) in [6.45, 7) is 10.0. The monoisotopic (exact) mass is 428 g/mol. The summed E-state index contributed by atoms with van der Waals surface area (Å²) in [5.41, 5.74) is 7.83. The highest BCUT2D eigenvalue weighted by atomic mass is 16.5. The third-order valence-electron chi connectivity index (χ3n) is 5.54. The summed E-state index contributed by atoms with van der Waals surface area (Å²) in [6, 6.07) is 16.0. The number of ether oxygens (including phenoxy) is 1. The molecular weight excluding hydrogens is 400 g/mol. The largest absolute Gasteiger partial charge is 0.467 e. The highest BCUT2D eigenvalue weighted by Gasteiger charge is 2.17. The van der Waals surface area contributed by atoms with Crippen LogP contribution in [0.25, 0.3) is 16.7 Å². The first-order valence-corrected chi connectivity index (χ1v) is 10.8. The number of nitrogens with zero attached hydrogens (tertiary/aromatic N) is 3. The van der Waals surface area contributed by atoms with E-state index < -0.39 is 0 Å². The zero-order valence-electron chi connectivity index (χ0n) is 19.2. The molecule has 2 heterocycles. The van der Waals surface area contributed by atoms with Crippen LogP contribution in [0.3, 0.4) is 0 Å². The second-order valence-electron chi connectivity index (χ2n) is 8.16. The SMILES string of the molecule is CCc1cc(OCC(=O)Nc2ccc(C)cc2C)nc2c1c(C)nn2-c1ccc(C)cc1. The first-order chi connectivity index (χ1) is 15.4. The molecule has 4 rings (SSSR count). The number of carbonyl (C=O) groups is 1. The Kier molecular flexibility index (Phi) is 5.95. The van der Waals surface area contributed by atoms with Gasteiger partial charge in [0.25, 0.3) is 5.91 Å². The lowest BCUT2D eigenvalue weighted by Crippen LogP contribution is -2.21. The number of benzene rings is 2. The van der Waals surface area contributed by atoms with E-state index in [9.17, 15) is 4.79 Å². The van der Waals surface area contributed by atoms with Gasteiger partial charge in [0, 0.05) is 17.1 Å². The minimum absolute atomic E-state index is 0.118. The number of carbonyl (C=O) groups excluding carboxylic acids is 1. The summed E-state index contributed by atoms with van der Waals surface area (Å²) >= 11 is 0. The van der Waals surface area contributed by atoms with Gasteiger partial charge in [-0.1, -0.05) is 42.3 Å². The third-order valence-corrected chi connectivity index (χ3v) is 5.54. The Morgan fingerprint density at radius 3 is 2.41 bits per heavy atom. The topological polar surface area (TPSA) is 69.0 Å². The molecule has 0 fully saturated rings. The van der Waals surface area contributed by atoms with Crippen LogP contribution in [0.15, 0.2) is 48.5 Å². The number of rotatable bonds is 6. The summed E-state index contributed by atoms with van der Waals surface area (Å²) in [4.78, 5) is 17.2. The van der Waals surface area contributed by atoms with Crippen LogP contribution >= 0.6 is 0 Å². The maximum absolute atomic E-state index is 12.5. The van der Waals surface area contributed by atoms with Gasteiger partial charge in [-0.3, -0.25) is 4.79 Å². The van der Waals surface area contributed by atoms with E-state index in [0.717, 1.165) is 51.2 Å². The molecule has 0 saturated heterocycles. The van der Waals surface area contributed by atoms with Gasteiger partial charge in [0.05, 0.1) is 11.4 Å². The van der Waals surface area contributed by atoms with Gasteiger partial charge in [0.1, 0.15) is 0 Å². The van der Waals surface area contributed by atoms with Crippen molar-refractivity contribution >= 4 is 22.6 Å². The average Bonchev–Trinajstić information content (AvgIpc) is 3.11. The Morgan fingerprint density at radius 1 is 1.00 bits per heavy atom. The number of hydrogen-bond acceptors (Lipinski definition) is 4. The smallest absolute Gasteiger partial charge is 0.262 e. The van der Waals surface area contributed by atoms with Crippen LogP contribution in [0.1, 0.15) is 34.9 Å². The number of amides is 1. The molecule has 32 heavy (non-hydrogen) atoms. The number of aryl methyl sites for hydroxylation is 5. The second kappa shape index (κ2) is 8.83. The van der Waals surface area contributed by atoms with Crippen molar-refractivity contribution in [3.05, 3.63) is 76.5 Å². The summed E-state index contributed by atoms with van der Waals surface area (Å²) in [5.74, 6) is 0.193. The van der Waals surface area contributed by atoms with Gasteiger partial charge >= 0.3 is 0 Å². The lowest BCUT2D eigenvalue weighted by atomic mass is 10.1. The van der Waals surface area contributed by atoms with Crippen molar-refractivity contribution in [2.24, 2.45) is 0 Å². The fraction of sp³-hybridized carbons (Fsp3) is 0.269. The molecular formula is C26H28N4O2. The summed E-state index contributed by atoms with van der Waals surface area (Å²) in [7, 11) is 0. The lowest BCUT2D eigenvalue weighted by Gasteiger charge is -2.11. The maximum Gasteiger partial charge on any atom is 0.262 e. The summed E-state index contributed by atoms with van der Waals surface area (Å²) < 4.78 is 7.65. The number of nitrogens with one attached hydrogen (secondary N) is 1. The van der Waals surface area contributed by atoms with Gasteiger partial charge in [-0.25, -0.2) is 4.68 Å². The molecule has 0 spiro atoms. The van der Waals surface area contributed by atoms with Gasteiger partial charge in [0.15, 0.2) is 12.3 Å². The molecule has 0 atom stereocenters. The standard InChI is InChI=1S/C26H28N4O2/c1-6-20-14-24(32-15-23(31)27-22-12-9-17(3)13-18(22)4)28-26-25(20)19(5)29-30(26)21-10-7-16(2)8-11-21/h7-14H,6,15H2,1-5H3,(H,27,31). The Balaban J connectivity index is 1.60. The van der Waals surface area contributed by atoms with Crippen molar-refractivity contribution in [2.75, 3.05) is 11.9 Å². The molecule has 0 radical (unpaired) electrons. The van der Waals surface area contributed by atoms with Crippen LogP contribution in [-0.4, -0.2) is 27.3 Å². The Hall–Kier alpha value is -3.67. The Morgan fingerprint density at radius 2 is 1.72 bits per heavy atom. The maximum atomic E-state index is 12.5. The van der Waals surface area contributed by atoms with Crippen molar-refractivity contribution in [1.29, 1.82) is 0 Å². The Labute approximate surface area is 188 Å². The minimum atomic E-state index is -0.222. The zero-order valence-corrected chi connectivity index (χ0v) is 19.2. The molecule has 6 nitrogen and oxygen atoms in total. The lowest BCUT2D eigenvalue weighted by molar-refractivity contribution is -0.118.